The predicted molar refractivity (Wildman–Crippen MR) is 137 cm³/mol. The summed E-state index contributed by atoms with van der Waals surface area (Å²) in [4.78, 5) is 53.5. The second-order valence-corrected chi connectivity index (χ2v) is 7.93. The molecule has 0 spiro atoms. The van der Waals surface area contributed by atoms with Crippen molar-refractivity contribution < 1.29 is 19.1 Å². The number of nitrogens with zero attached hydrogens (tertiary/aromatic N) is 2. The average molecular weight is 486 g/mol. The summed E-state index contributed by atoms with van der Waals surface area (Å²) in [6, 6.07) is 15.7. The minimum atomic E-state index is -0.542. The first-order valence-electron chi connectivity index (χ1n) is 10.9. The number of nitrogens with one attached hydrogen (secondary N) is 3. The smallest absolute Gasteiger partial charge is 0.323 e. The molecule has 0 aliphatic carbocycles. The van der Waals surface area contributed by atoms with E-state index in [1.807, 2.05) is 0 Å². The molecule has 0 atom stereocenters. The SMILES string of the molecule is COc1ccc(NC(C)=O)c(-n2cnc3ccc(NC(=O)Nc4cccc(C(C)=O)c4)cc3c2=O)c1. The third-order valence-electron chi connectivity index (χ3n) is 5.32. The van der Waals surface area contributed by atoms with Crippen LogP contribution in [0.4, 0.5) is 21.9 Å². The van der Waals surface area contributed by atoms with Crippen molar-refractivity contribution in [3.05, 3.63) is 82.9 Å². The third kappa shape index (κ3) is 5.22. The summed E-state index contributed by atoms with van der Waals surface area (Å²) in [6.45, 7) is 2.81. The number of hydrogen-bond acceptors (Lipinski definition) is 6. The highest BCUT2D eigenvalue weighted by Gasteiger charge is 2.13. The number of ketones is 1. The highest BCUT2D eigenvalue weighted by molar-refractivity contribution is 6.02. The number of fused-ring (bicyclic) bond motifs is 1. The summed E-state index contributed by atoms with van der Waals surface area (Å²) in [5, 5.41) is 8.31. The Morgan fingerprint density at radius 1 is 0.889 bits per heavy atom. The zero-order valence-corrected chi connectivity index (χ0v) is 19.8. The molecule has 0 saturated heterocycles. The maximum Gasteiger partial charge on any atom is 0.323 e. The Morgan fingerprint density at radius 2 is 1.64 bits per heavy atom. The largest absolute Gasteiger partial charge is 0.497 e. The molecule has 0 radical (unpaired) electrons. The summed E-state index contributed by atoms with van der Waals surface area (Å²) >= 11 is 0. The molecule has 0 unspecified atom stereocenters. The van der Waals surface area contributed by atoms with Crippen LogP contribution in [0, 0.1) is 0 Å². The lowest BCUT2D eigenvalue weighted by molar-refractivity contribution is -0.114. The summed E-state index contributed by atoms with van der Waals surface area (Å²) < 4.78 is 6.57. The number of benzene rings is 3. The van der Waals surface area contributed by atoms with Crippen molar-refractivity contribution in [3.63, 3.8) is 0 Å². The molecule has 0 aliphatic rings. The van der Waals surface area contributed by atoms with Gasteiger partial charge in [-0.3, -0.25) is 19.0 Å². The first-order valence-corrected chi connectivity index (χ1v) is 10.9. The van der Waals surface area contributed by atoms with E-state index < -0.39 is 11.6 Å². The highest BCUT2D eigenvalue weighted by atomic mass is 16.5. The van der Waals surface area contributed by atoms with Gasteiger partial charge in [0.2, 0.25) is 5.91 Å². The van der Waals surface area contributed by atoms with Crippen molar-refractivity contribution in [1.82, 2.24) is 9.55 Å². The van der Waals surface area contributed by atoms with Gasteiger partial charge in [0.25, 0.3) is 5.56 Å². The molecule has 3 N–H and O–H groups in total. The van der Waals surface area contributed by atoms with Crippen LogP contribution in [0.15, 0.2) is 71.8 Å². The van der Waals surface area contributed by atoms with Gasteiger partial charge < -0.3 is 20.7 Å². The molecule has 10 nitrogen and oxygen atoms in total. The zero-order valence-electron chi connectivity index (χ0n) is 19.8. The quantitative estimate of drug-likeness (QED) is 0.351. The summed E-state index contributed by atoms with van der Waals surface area (Å²) in [5.41, 5.74) is 2.11. The molecular formula is C26H23N5O5. The van der Waals surface area contributed by atoms with Gasteiger partial charge in [-0.1, -0.05) is 12.1 Å². The highest BCUT2D eigenvalue weighted by Crippen LogP contribution is 2.25. The fraction of sp³-hybridized carbons (Fsp3) is 0.115. The lowest BCUT2D eigenvalue weighted by Gasteiger charge is -2.14. The number of rotatable bonds is 6. The number of ether oxygens (including phenoxy) is 1. The van der Waals surface area contributed by atoms with E-state index in [9.17, 15) is 19.2 Å². The lowest BCUT2D eigenvalue weighted by atomic mass is 10.1. The van der Waals surface area contributed by atoms with E-state index in [0.717, 1.165) is 0 Å². The van der Waals surface area contributed by atoms with Gasteiger partial charge in [0, 0.05) is 29.9 Å². The maximum atomic E-state index is 13.4. The number of methoxy groups -OCH3 is 1. The number of carbonyl (C=O) groups excluding carboxylic acids is 3. The molecule has 0 saturated carbocycles. The van der Waals surface area contributed by atoms with Gasteiger partial charge in [-0.05, 0) is 49.4 Å². The number of amides is 3. The summed E-state index contributed by atoms with van der Waals surface area (Å²) in [7, 11) is 1.50. The normalized spacial score (nSPS) is 10.5. The van der Waals surface area contributed by atoms with Gasteiger partial charge in [0.15, 0.2) is 5.78 Å². The fourth-order valence-electron chi connectivity index (χ4n) is 3.61. The second-order valence-electron chi connectivity index (χ2n) is 7.93. The molecular weight excluding hydrogens is 462 g/mol. The zero-order chi connectivity index (χ0) is 25.8. The van der Waals surface area contributed by atoms with Crippen LogP contribution in [0.2, 0.25) is 0 Å². The Kier molecular flexibility index (Phi) is 6.77. The van der Waals surface area contributed by atoms with E-state index in [-0.39, 0.29) is 17.1 Å². The van der Waals surface area contributed by atoms with Crippen LogP contribution in [-0.4, -0.2) is 34.4 Å². The molecule has 1 aromatic heterocycles. The Balaban J connectivity index is 1.67. The Bertz CT molecular complexity index is 1560. The van der Waals surface area contributed by atoms with E-state index in [1.54, 1.807) is 54.6 Å². The van der Waals surface area contributed by atoms with Gasteiger partial charge in [-0.2, -0.15) is 0 Å². The molecule has 0 fully saturated rings. The van der Waals surface area contributed by atoms with Crippen LogP contribution >= 0.6 is 0 Å². The van der Waals surface area contributed by atoms with Crippen molar-refractivity contribution >= 4 is 45.7 Å². The van der Waals surface area contributed by atoms with Crippen molar-refractivity contribution in [2.75, 3.05) is 23.1 Å². The standard InChI is InChI=1S/C26H23N5O5/c1-15(32)17-5-4-6-18(11-17)29-26(35)30-19-7-9-22-21(12-19)25(34)31(14-27-22)24-13-20(36-3)8-10-23(24)28-16(2)33/h4-14H,1-3H3,(H,28,33)(H2,29,30,35). The van der Waals surface area contributed by atoms with Crippen molar-refractivity contribution in [1.29, 1.82) is 0 Å². The minimum absolute atomic E-state index is 0.116. The van der Waals surface area contributed by atoms with Crippen LogP contribution in [0.5, 0.6) is 5.75 Å². The molecule has 1 heterocycles. The van der Waals surface area contributed by atoms with Crippen molar-refractivity contribution in [3.8, 4) is 11.4 Å². The number of urea groups is 1. The molecule has 3 amide bonds. The van der Waals surface area contributed by atoms with Crippen molar-refractivity contribution in [2.24, 2.45) is 0 Å². The monoisotopic (exact) mass is 485 g/mol. The first-order chi connectivity index (χ1) is 17.2. The average Bonchev–Trinajstić information content (AvgIpc) is 2.85. The Morgan fingerprint density at radius 3 is 2.33 bits per heavy atom. The predicted octanol–water partition coefficient (Wildman–Crippen LogP) is 4.20. The summed E-state index contributed by atoms with van der Waals surface area (Å²) in [5.74, 6) is 0.0802. The molecule has 0 aliphatic heterocycles. The van der Waals surface area contributed by atoms with Crippen LogP contribution in [0.3, 0.4) is 0 Å². The van der Waals surface area contributed by atoms with Gasteiger partial charge in [-0.15, -0.1) is 0 Å². The van der Waals surface area contributed by atoms with Gasteiger partial charge in [0.1, 0.15) is 12.1 Å². The first kappa shape index (κ1) is 24.1. The Hall–Kier alpha value is -4.99. The molecule has 0 bridgehead atoms. The Labute approximate surface area is 205 Å². The molecule has 36 heavy (non-hydrogen) atoms. The maximum absolute atomic E-state index is 13.4. The number of hydrogen-bond donors (Lipinski definition) is 3. The van der Waals surface area contributed by atoms with E-state index in [2.05, 4.69) is 20.9 Å². The molecule has 10 heteroatoms. The minimum Gasteiger partial charge on any atom is -0.497 e. The van der Waals surface area contributed by atoms with Crippen LogP contribution < -0.4 is 26.2 Å². The lowest BCUT2D eigenvalue weighted by Crippen LogP contribution is -2.22. The van der Waals surface area contributed by atoms with E-state index in [0.29, 0.717) is 39.6 Å². The number of aromatic nitrogens is 2. The second kappa shape index (κ2) is 10.1. The van der Waals surface area contributed by atoms with Crippen LogP contribution in [0.25, 0.3) is 16.6 Å². The number of Topliss-reactive ketones (excluding diaryl/α,β-unsaturated/α-hetero) is 1. The summed E-state index contributed by atoms with van der Waals surface area (Å²) in [6.07, 6.45) is 1.37. The van der Waals surface area contributed by atoms with Crippen LogP contribution in [0.1, 0.15) is 24.2 Å². The fourth-order valence-corrected chi connectivity index (χ4v) is 3.61. The van der Waals surface area contributed by atoms with Crippen molar-refractivity contribution in [2.45, 2.75) is 13.8 Å². The number of carbonyl (C=O) groups is 3. The molecule has 4 aromatic rings. The number of anilines is 3. The van der Waals surface area contributed by atoms with E-state index >= 15 is 0 Å². The van der Waals surface area contributed by atoms with Crippen LogP contribution in [-0.2, 0) is 4.79 Å². The van der Waals surface area contributed by atoms with E-state index in [4.69, 9.17) is 4.74 Å². The molecule has 4 rings (SSSR count). The topological polar surface area (TPSA) is 131 Å². The molecule has 3 aromatic carbocycles. The van der Waals surface area contributed by atoms with Gasteiger partial charge >= 0.3 is 6.03 Å². The third-order valence-corrected chi connectivity index (χ3v) is 5.32. The van der Waals surface area contributed by atoms with E-state index in [1.165, 1.54) is 37.9 Å². The molecule has 182 valence electrons. The van der Waals surface area contributed by atoms with Gasteiger partial charge in [-0.25, -0.2) is 9.78 Å². The van der Waals surface area contributed by atoms with Gasteiger partial charge in [0.05, 0.1) is 29.4 Å².